The summed E-state index contributed by atoms with van der Waals surface area (Å²) in [6.07, 6.45) is 5.27. The molecule has 0 saturated carbocycles. The van der Waals surface area contributed by atoms with Crippen molar-refractivity contribution in [1.29, 1.82) is 0 Å². The predicted octanol–water partition coefficient (Wildman–Crippen LogP) is 2.88. The highest BCUT2D eigenvalue weighted by Gasteiger charge is 2.11. The number of halogens is 1. The topological polar surface area (TPSA) is 41.6 Å². The van der Waals surface area contributed by atoms with Gasteiger partial charge in [0, 0.05) is 17.1 Å². The number of carbonyl (C=O) groups excluding carboxylic acids is 1. The summed E-state index contributed by atoms with van der Waals surface area (Å²) in [5.74, 6) is 0.715. The SMILES string of the molecule is COc1ccc(Cl)cc1CC(=O)NCCCN1CCCCC1. The van der Waals surface area contributed by atoms with Crippen LogP contribution in [0.5, 0.6) is 5.75 Å². The number of methoxy groups -OCH3 is 1. The zero-order chi connectivity index (χ0) is 15.8. The third-order valence-electron chi connectivity index (χ3n) is 4.02. The number of likely N-dealkylation sites (tertiary alicyclic amines) is 1. The Kier molecular flexibility index (Phi) is 7.00. The number of amides is 1. The van der Waals surface area contributed by atoms with Gasteiger partial charge < -0.3 is 15.0 Å². The quantitative estimate of drug-likeness (QED) is 0.784. The van der Waals surface area contributed by atoms with Crippen LogP contribution in [-0.2, 0) is 11.2 Å². The lowest BCUT2D eigenvalue weighted by atomic mass is 10.1. The highest BCUT2D eigenvalue weighted by atomic mass is 35.5. The maximum Gasteiger partial charge on any atom is 0.224 e. The van der Waals surface area contributed by atoms with Crippen LogP contribution in [0.2, 0.25) is 5.02 Å². The van der Waals surface area contributed by atoms with Crippen molar-refractivity contribution in [2.75, 3.05) is 33.3 Å². The second-order valence-corrected chi connectivity index (χ2v) is 6.18. The number of hydrogen-bond acceptors (Lipinski definition) is 3. The lowest BCUT2D eigenvalue weighted by Crippen LogP contribution is -2.33. The number of ether oxygens (including phenoxy) is 1. The summed E-state index contributed by atoms with van der Waals surface area (Å²) in [5.41, 5.74) is 0.823. The molecular weight excluding hydrogens is 300 g/mol. The molecule has 1 aliphatic rings. The van der Waals surface area contributed by atoms with Crippen LogP contribution >= 0.6 is 11.6 Å². The first-order valence-electron chi connectivity index (χ1n) is 8.00. The van der Waals surface area contributed by atoms with Crippen molar-refractivity contribution in [3.05, 3.63) is 28.8 Å². The molecule has 0 spiro atoms. The Bertz CT molecular complexity index is 488. The minimum atomic E-state index is 0.0132. The summed E-state index contributed by atoms with van der Waals surface area (Å²) >= 11 is 5.98. The molecular formula is C17H25ClN2O2. The van der Waals surface area contributed by atoms with E-state index in [1.807, 2.05) is 0 Å². The fourth-order valence-electron chi connectivity index (χ4n) is 2.83. The number of nitrogens with zero attached hydrogens (tertiary/aromatic N) is 1. The largest absolute Gasteiger partial charge is 0.496 e. The summed E-state index contributed by atoms with van der Waals surface area (Å²) in [4.78, 5) is 14.5. The van der Waals surface area contributed by atoms with Crippen molar-refractivity contribution >= 4 is 17.5 Å². The first-order chi connectivity index (χ1) is 10.7. The van der Waals surface area contributed by atoms with Gasteiger partial charge in [-0.25, -0.2) is 0 Å². The van der Waals surface area contributed by atoms with E-state index in [4.69, 9.17) is 16.3 Å². The lowest BCUT2D eigenvalue weighted by molar-refractivity contribution is -0.120. The number of nitrogens with one attached hydrogen (secondary N) is 1. The highest BCUT2D eigenvalue weighted by Crippen LogP contribution is 2.22. The summed E-state index contributed by atoms with van der Waals surface area (Å²) in [6, 6.07) is 5.34. The molecule has 0 radical (unpaired) electrons. The molecule has 122 valence electrons. The Balaban J connectivity index is 1.70. The molecule has 1 saturated heterocycles. The van der Waals surface area contributed by atoms with Crippen LogP contribution in [0.15, 0.2) is 18.2 Å². The van der Waals surface area contributed by atoms with Crippen molar-refractivity contribution in [2.24, 2.45) is 0 Å². The van der Waals surface area contributed by atoms with Crippen LogP contribution in [0.25, 0.3) is 0 Å². The van der Waals surface area contributed by atoms with E-state index in [9.17, 15) is 4.79 Å². The van der Waals surface area contributed by atoms with Crippen LogP contribution < -0.4 is 10.1 Å². The van der Waals surface area contributed by atoms with Gasteiger partial charge in [0.1, 0.15) is 5.75 Å². The molecule has 2 rings (SSSR count). The van der Waals surface area contributed by atoms with E-state index in [0.717, 1.165) is 25.1 Å². The molecule has 1 fully saturated rings. The van der Waals surface area contributed by atoms with Gasteiger partial charge >= 0.3 is 0 Å². The second kappa shape index (κ2) is 9.01. The first-order valence-corrected chi connectivity index (χ1v) is 8.38. The van der Waals surface area contributed by atoms with Gasteiger partial charge in [0.05, 0.1) is 13.5 Å². The first kappa shape index (κ1) is 17.1. The molecule has 1 aromatic carbocycles. The van der Waals surface area contributed by atoms with Gasteiger partial charge in [-0.3, -0.25) is 4.79 Å². The van der Waals surface area contributed by atoms with Gasteiger partial charge in [0.2, 0.25) is 5.91 Å². The van der Waals surface area contributed by atoms with Crippen LogP contribution in [0, 0.1) is 0 Å². The molecule has 0 aromatic heterocycles. The number of carbonyl (C=O) groups is 1. The Hall–Kier alpha value is -1.26. The van der Waals surface area contributed by atoms with E-state index in [0.29, 0.717) is 17.2 Å². The van der Waals surface area contributed by atoms with Crippen molar-refractivity contribution in [3.8, 4) is 5.75 Å². The molecule has 0 atom stereocenters. The van der Waals surface area contributed by atoms with Crippen molar-refractivity contribution in [3.63, 3.8) is 0 Å². The average molecular weight is 325 g/mol. The minimum Gasteiger partial charge on any atom is -0.496 e. The number of rotatable bonds is 7. The molecule has 22 heavy (non-hydrogen) atoms. The summed E-state index contributed by atoms with van der Waals surface area (Å²) in [6.45, 7) is 4.19. The number of benzene rings is 1. The molecule has 5 heteroatoms. The van der Waals surface area contributed by atoms with Gasteiger partial charge in [0.25, 0.3) is 0 Å². The Labute approximate surface area is 137 Å². The maximum absolute atomic E-state index is 12.0. The van der Waals surface area contributed by atoms with Crippen molar-refractivity contribution in [2.45, 2.75) is 32.1 Å². The highest BCUT2D eigenvalue weighted by molar-refractivity contribution is 6.30. The second-order valence-electron chi connectivity index (χ2n) is 5.74. The summed E-state index contributed by atoms with van der Waals surface area (Å²) < 4.78 is 5.26. The van der Waals surface area contributed by atoms with E-state index in [2.05, 4.69) is 10.2 Å². The van der Waals surface area contributed by atoms with Crippen LogP contribution in [0.4, 0.5) is 0 Å². The van der Waals surface area contributed by atoms with Gasteiger partial charge in [0.15, 0.2) is 0 Å². The smallest absolute Gasteiger partial charge is 0.224 e. The third-order valence-corrected chi connectivity index (χ3v) is 4.25. The molecule has 0 aliphatic carbocycles. The van der Waals surface area contributed by atoms with Gasteiger partial charge in [-0.2, -0.15) is 0 Å². The molecule has 1 N–H and O–H groups in total. The third kappa shape index (κ3) is 5.50. The molecule has 0 unspecified atom stereocenters. The monoisotopic (exact) mass is 324 g/mol. The van der Waals surface area contributed by atoms with Gasteiger partial charge in [-0.05, 0) is 57.1 Å². The Morgan fingerprint density at radius 2 is 2.09 bits per heavy atom. The van der Waals surface area contributed by atoms with Crippen molar-refractivity contribution < 1.29 is 9.53 Å². The van der Waals surface area contributed by atoms with Gasteiger partial charge in [-0.1, -0.05) is 18.0 Å². The molecule has 1 aromatic rings. The molecule has 1 amide bonds. The zero-order valence-electron chi connectivity index (χ0n) is 13.2. The predicted molar refractivity (Wildman–Crippen MR) is 89.6 cm³/mol. The van der Waals surface area contributed by atoms with E-state index >= 15 is 0 Å². The molecule has 0 bridgehead atoms. The van der Waals surface area contributed by atoms with Crippen LogP contribution in [0.3, 0.4) is 0 Å². The fraction of sp³-hybridized carbons (Fsp3) is 0.588. The van der Waals surface area contributed by atoms with Crippen LogP contribution in [0.1, 0.15) is 31.2 Å². The minimum absolute atomic E-state index is 0.0132. The number of piperidine rings is 1. The van der Waals surface area contributed by atoms with Crippen LogP contribution in [-0.4, -0.2) is 44.1 Å². The summed E-state index contributed by atoms with van der Waals surface area (Å²) in [7, 11) is 1.60. The van der Waals surface area contributed by atoms with Gasteiger partial charge in [-0.15, -0.1) is 0 Å². The Morgan fingerprint density at radius 1 is 1.32 bits per heavy atom. The van der Waals surface area contributed by atoms with E-state index < -0.39 is 0 Å². The van der Waals surface area contributed by atoms with E-state index in [1.54, 1.807) is 25.3 Å². The van der Waals surface area contributed by atoms with E-state index in [1.165, 1.54) is 32.4 Å². The van der Waals surface area contributed by atoms with E-state index in [-0.39, 0.29) is 5.91 Å². The molecule has 1 heterocycles. The average Bonchev–Trinajstić information content (AvgIpc) is 2.53. The number of hydrogen-bond donors (Lipinski definition) is 1. The lowest BCUT2D eigenvalue weighted by Gasteiger charge is -2.26. The standard InChI is InChI=1S/C17H25ClN2O2/c1-22-16-7-6-15(18)12-14(16)13-17(21)19-8-5-11-20-9-3-2-4-10-20/h6-7,12H,2-5,8-11,13H2,1H3,(H,19,21). The normalized spacial score (nSPS) is 15.5. The Morgan fingerprint density at radius 3 is 2.82 bits per heavy atom. The fourth-order valence-corrected chi connectivity index (χ4v) is 3.03. The summed E-state index contributed by atoms with van der Waals surface area (Å²) in [5, 5.41) is 3.60. The maximum atomic E-state index is 12.0. The van der Waals surface area contributed by atoms with Crippen molar-refractivity contribution in [1.82, 2.24) is 10.2 Å². The molecule has 4 nitrogen and oxygen atoms in total. The molecule has 1 aliphatic heterocycles. The zero-order valence-corrected chi connectivity index (χ0v) is 14.0.